The van der Waals surface area contributed by atoms with Crippen LogP contribution in [0.25, 0.3) is 0 Å². The van der Waals surface area contributed by atoms with E-state index < -0.39 is 5.91 Å². The molecule has 0 unspecified atom stereocenters. The molecule has 0 saturated heterocycles. The quantitative estimate of drug-likeness (QED) is 0.854. The lowest BCUT2D eigenvalue weighted by atomic mass is 10.1. The lowest BCUT2D eigenvalue weighted by molar-refractivity contribution is 0.0950. The summed E-state index contributed by atoms with van der Waals surface area (Å²) in [4.78, 5) is 23.3. The van der Waals surface area contributed by atoms with Gasteiger partial charge < -0.3 is 15.8 Å². The number of rotatable bonds is 6. The third-order valence-electron chi connectivity index (χ3n) is 3.16. The molecule has 114 valence electrons. The molecule has 0 aromatic heterocycles. The van der Waals surface area contributed by atoms with E-state index in [4.69, 9.17) is 10.5 Å². The van der Waals surface area contributed by atoms with Crippen molar-refractivity contribution in [3.63, 3.8) is 0 Å². The zero-order valence-corrected chi connectivity index (χ0v) is 12.3. The molecule has 5 heteroatoms. The van der Waals surface area contributed by atoms with E-state index in [0.29, 0.717) is 24.3 Å². The van der Waals surface area contributed by atoms with Crippen molar-refractivity contribution in [3.8, 4) is 0 Å². The van der Waals surface area contributed by atoms with Gasteiger partial charge in [-0.3, -0.25) is 9.59 Å². The van der Waals surface area contributed by atoms with Crippen LogP contribution in [0, 0.1) is 0 Å². The molecule has 0 radical (unpaired) electrons. The Morgan fingerprint density at radius 3 is 2.36 bits per heavy atom. The smallest absolute Gasteiger partial charge is 0.251 e. The van der Waals surface area contributed by atoms with Gasteiger partial charge in [-0.25, -0.2) is 0 Å². The van der Waals surface area contributed by atoms with Crippen molar-refractivity contribution in [3.05, 3.63) is 70.8 Å². The molecular formula is C17H18N2O3. The fourth-order valence-electron chi connectivity index (χ4n) is 2.09. The summed E-state index contributed by atoms with van der Waals surface area (Å²) in [5.74, 6) is -0.664. The van der Waals surface area contributed by atoms with Gasteiger partial charge in [-0.15, -0.1) is 0 Å². The monoisotopic (exact) mass is 298 g/mol. The van der Waals surface area contributed by atoms with E-state index in [-0.39, 0.29) is 5.91 Å². The Bertz CT molecular complexity index is 683. The molecule has 2 aromatic rings. The minimum absolute atomic E-state index is 0.178. The third-order valence-corrected chi connectivity index (χ3v) is 3.16. The zero-order chi connectivity index (χ0) is 15.9. The maximum atomic E-state index is 12.1. The summed E-state index contributed by atoms with van der Waals surface area (Å²) in [6, 6.07) is 14.1. The number of carbonyl (C=O) groups is 2. The summed E-state index contributed by atoms with van der Waals surface area (Å²) < 4.78 is 5.05. The van der Waals surface area contributed by atoms with Crippen LogP contribution in [0.3, 0.4) is 0 Å². The van der Waals surface area contributed by atoms with Crippen LogP contribution in [0.4, 0.5) is 0 Å². The van der Waals surface area contributed by atoms with Crippen molar-refractivity contribution < 1.29 is 14.3 Å². The highest BCUT2D eigenvalue weighted by atomic mass is 16.5. The first-order valence-corrected chi connectivity index (χ1v) is 6.85. The number of methoxy groups -OCH3 is 1. The first kappa shape index (κ1) is 15.7. The Morgan fingerprint density at radius 1 is 1.05 bits per heavy atom. The van der Waals surface area contributed by atoms with Crippen LogP contribution >= 0.6 is 0 Å². The van der Waals surface area contributed by atoms with Crippen LogP contribution in [0.2, 0.25) is 0 Å². The Balaban J connectivity index is 2.02. The molecule has 2 aromatic carbocycles. The van der Waals surface area contributed by atoms with Crippen LogP contribution in [0.1, 0.15) is 31.8 Å². The Kier molecular flexibility index (Phi) is 5.27. The standard InChI is InChI=1S/C17H18N2O3/c1-22-11-13-5-3-7-15(9-13)17(21)19-10-12-4-2-6-14(8-12)16(18)20/h2-9H,10-11H2,1H3,(H2,18,20)(H,19,21). The minimum Gasteiger partial charge on any atom is -0.380 e. The number of amides is 2. The molecule has 5 nitrogen and oxygen atoms in total. The van der Waals surface area contributed by atoms with Crippen molar-refractivity contribution in [2.45, 2.75) is 13.2 Å². The second-order valence-corrected chi connectivity index (χ2v) is 4.88. The van der Waals surface area contributed by atoms with Gasteiger partial charge in [-0.1, -0.05) is 24.3 Å². The molecule has 0 atom stereocenters. The molecule has 2 amide bonds. The molecule has 0 saturated carbocycles. The summed E-state index contributed by atoms with van der Waals surface area (Å²) in [7, 11) is 1.61. The molecule has 0 aliphatic rings. The van der Waals surface area contributed by atoms with Crippen molar-refractivity contribution >= 4 is 11.8 Å². The minimum atomic E-state index is -0.486. The average Bonchev–Trinajstić information content (AvgIpc) is 2.53. The molecule has 0 spiro atoms. The van der Waals surface area contributed by atoms with Crippen LogP contribution in [0.5, 0.6) is 0 Å². The SMILES string of the molecule is COCc1cccc(C(=O)NCc2cccc(C(N)=O)c2)c1. The number of ether oxygens (including phenoxy) is 1. The fourth-order valence-corrected chi connectivity index (χ4v) is 2.09. The van der Waals surface area contributed by atoms with Crippen molar-refractivity contribution in [2.24, 2.45) is 5.73 Å². The molecule has 22 heavy (non-hydrogen) atoms. The largest absolute Gasteiger partial charge is 0.380 e. The van der Waals surface area contributed by atoms with Crippen LogP contribution in [0.15, 0.2) is 48.5 Å². The second kappa shape index (κ2) is 7.38. The van der Waals surface area contributed by atoms with Gasteiger partial charge in [-0.2, -0.15) is 0 Å². The maximum Gasteiger partial charge on any atom is 0.251 e. The van der Waals surface area contributed by atoms with E-state index in [1.165, 1.54) is 0 Å². The molecule has 0 aliphatic carbocycles. The summed E-state index contributed by atoms with van der Waals surface area (Å²) in [6.07, 6.45) is 0. The highest BCUT2D eigenvalue weighted by molar-refractivity contribution is 5.94. The fraction of sp³-hybridized carbons (Fsp3) is 0.176. The van der Waals surface area contributed by atoms with Crippen LogP contribution in [-0.4, -0.2) is 18.9 Å². The molecule has 3 N–H and O–H groups in total. The highest BCUT2D eigenvalue weighted by Crippen LogP contribution is 2.08. The first-order valence-electron chi connectivity index (χ1n) is 6.85. The summed E-state index contributed by atoms with van der Waals surface area (Å²) >= 11 is 0. The highest BCUT2D eigenvalue weighted by Gasteiger charge is 2.07. The second-order valence-electron chi connectivity index (χ2n) is 4.88. The predicted molar refractivity (Wildman–Crippen MR) is 83.3 cm³/mol. The van der Waals surface area contributed by atoms with Gasteiger partial charge in [0.1, 0.15) is 0 Å². The van der Waals surface area contributed by atoms with Crippen molar-refractivity contribution in [1.82, 2.24) is 5.32 Å². The third kappa shape index (κ3) is 4.17. The summed E-state index contributed by atoms with van der Waals surface area (Å²) in [6.45, 7) is 0.788. The van der Waals surface area contributed by atoms with E-state index in [0.717, 1.165) is 11.1 Å². The number of hydrogen-bond donors (Lipinski definition) is 2. The lowest BCUT2D eigenvalue weighted by Crippen LogP contribution is -2.23. The molecular weight excluding hydrogens is 280 g/mol. The molecule has 0 bridgehead atoms. The zero-order valence-electron chi connectivity index (χ0n) is 12.3. The Labute approximate surface area is 129 Å². The van der Waals surface area contributed by atoms with Gasteiger partial charge in [0.05, 0.1) is 6.61 Å². The number of nitrogens with two attached hydrogens (primary N) is 1. The molecule has 2 rings (SSSR count). The summed E-state index contributed by atoms with van der Waals surface area (Å²) in [5, 5.41) is 2.82. The number of nitrogens with one attached hydrogen (secondary N) is 1. The van der Waals surface area contributed by atoms with Gasteiger partial charge in [0.25, 0.3) is 5.91 Å². The number of carbonyl (C=O) groups excluding carboxylic acids is 2. The molecule has 0 aliphatic heterocycles. The lowest BCUT2D eigenvalue weighted by Gasteiger charge is -2.08. The van der Waals surface area contributed by atoms with Gasteiger partial charge in [0, 0.05) is 24.8 Å². The van der Waals surface area contributed by atoms with Gasteiger partial charge in [0.15, 0.2) is 0 Å². The first-order chi connectivity index (χ1) is 10.6. The topological polar surface area (TPSA) is 81.4 Å². The average molecular weight is 298 g/mol. The predicted octanol–water partition coefficient (Wildman–Crippen LogP) is 1.86. The van der Waals surface area contributed by atoms with E-state index in [2.05, 4.69) is 5.32 Å². The van der Waals surface area contributed by atoms with Crippen molar-refractivity contribution in [2.75, 3.05) is 7.11 Å². The van der Waals surface area contributed by atoms with Gasteiger partial charge in [-0.05, 0) is 35.4 Å². The number of hydrogen-bond acceptors (Lipinski definition) is 3. The maximum absolute atomic E-state index is 12.1. The van der Waals surface area contributed by atoms with E-state index in [9.17, 15) is 9.59 Å². The van der Waals surface area contributed by atoms with Gasteiger partial charge >= 0.3 is 0 Å². The normalized spacial score (nSPS) is 10.2. The van der Waals surface area contributed by atoms with Crippen molar-refractivity contribution in [1.29, 1.82) is 0 Å². The molecule has 0 heterocycles. The van der Waals surface area contributed by atoms with E-state index in [1.54, 1.807) is 37.4 Å². The Morgan fingerprint density at radius 2 is 1.68 bits per heavy atom. The van der Waals surface area contributed by atoms with E-state index in [1.807, 2.05) is 18.2 Å². The van der Waals surface area contributed by atoms with Crippen LogP contribution < -0.4 is 11.1 Å². The van der Waals surface area contributed by atoms with E-state index >= 15 is 0 Å². The number of benzene rings is 2. The van der Waals surface area contributed by atoms with Crippen LogP contribution in [-0.2, 0) is 17.9 Å². The number of primary amides is 1. The Hall–Kier alpha value is -2.66. The summed E-state index contributed by atoms with van der Waals surface area (Å²) in [5.41, 5.74) is 7.98. The molecule has 0 fully saturated rings. The van der Waals surface area contributed by atoms with Gasteiger partial charge in [0.2, 0.25) is 5.91 Å².